The quantitative estimate of drug-likeness (QED) is 0.574. The zero-order chi connectivity index (χ0) is 20.9. The minimum absolute atomic E-state index is 0.0803. The number of carbonyl (C=O) groups is 1. The minimum Gasteiger partial charge on any atom is -0.446 e. The lowest BCUT2D eigenvalue weighted by atomic mass is 9.98. The Balaban J connectivity index is 1.50. The maximum Gasteiger partial charge on any atom is 0.414 e. The number of anilines is 2. The van der Waals surface area contributed by atoms with Crippen LogP contribution in [0.3, 0.4) is 0 Å². The maximum absolute atomic E-state index is 13.0. The van der Waals surface area contributed by atoms with E-state index in [1.807, 2.05) is 4.90 Å². The van der Waals surface area contributed by atoms with Crippen LogP contribution in [0.15, 0.2) is 48.5 Å². The first-order chi connectivity index (χ1) is 14.6. The summed E-state index contributed by atoms with van der Waals surface area (Å²) in [5.74, 6) is 0.381. The molecule has 2 aromatic carbocycles. The highest BCUT2D eigenvalue weighted by molar-refractivity contribution is 5.88. The zero-order valence-electron chi connectivity index (χ0n) is 18.3. The van der Waals surface area contributed by atoms with Gasteiger partial charge in [-0.1, -0.05) is 50.6 Å². The smallest absolute Gasteiger partial charge is 0.414 e. The Bertz CT molecular complexity index is 843. The van der Waals surface area contributed by atoms with E-state index in [4.69, 9.17) is 4.74 Å². The van der Waals surface area contributed by atoms with Gasteiger partial charge in [-0.05, 0) is 67.3 Å². The van der Waals surface area contributed by atoms with Gasteiger partial charge in [0.15, 0.2) is 0 Å². The normalized spacial score (nSPS) is 16.6. The number of carbonyl (C=O) groups excluding carboxylic acids is 1. The van der Waals surface area contributed by atoms with Crippen LogP contribution in [0, 0.1) is 5.92 Å². The molecule has 0 bridgehead atoms. The van der Waals surface area contributed by atoms with Crippen molar-refractivity contribution in [2.75, 3.05) is 22.9 Å². The lowest BCUT2D eigenvalue weighted by molar-refractivity contribution is 0.0803. The molecule has 0 atom stereocenters. The SMILES string of the molecule is CC(C)CN(C(=O)OC1CCCCC1)c1ccc2c(c1)CCN2Cc1ccccc1. The standard InChI is InChI=1S/C26H34N2O2/c1-20(2)18-28(26(29)30-24-11-7-4-8-12-24)23-13-14-25-22(17-23)15-16-27(25)19-21-9-5-3-6-10-21/h3,5-6,9-10,13-14,17,20,24H,4,7-8,11-12,15-16,18-19H2,1-2H3. The van der Waals surface area contributed by atoms with Gasteiger partial charge < -0.3 is 9.64 Å². The van der Waals surface area contributed by atoms with Gasteiger partial charge in [-0.15, -0.1) is 0 Å². The molecule has 1 heterocycles. The lowest BCUT2D eigenvalue weighted by Crippen LogP contribution is -2.37. The van der Waals surface area contributed by atoms with Crippen molar-refractivity contribution >= 4 is 17.5 Å². The van der Waals surface area contributed by atoms with Crippen molar-refractivity contribution in [1.82, 2.24) is 0 Å². The molecular formula is C26H34N2O2. The molecule has 0 radical (unpaired) electrons. The fraction of sp³-hybridized carbons (Fsp3) is 0.500. The fourth-order valence-electron chi connectivity index (χ4n) is 4.63. The molecule has 0 aromatic heterocycles. The lowest BCUT2D eigenvalue weighted by Gasteiger charge is -2.29. The molecule has 2 aliphatic rings. The topological polar surface area (TPSA) is 32.8 Å². The summed E-state index contributed by atoms with van der Waals surface area (Å²) in [5, 5.41) is 0. The molecule has 4 nitrogen and oxygen atoms in total. The predicted octanol–water partition coefficient (Wildman–Crippen LogP) is 6.18. The molecule has 1 aliphatic heterocycles. The van der Waals surface area contributed by atoms with Gasteiger partial charge in [0.25, 0.3) is 0 Å². The molecule has 160 valence electrons. The van der Waals surface area contributed by atoms with Gasteiger partial charge in [-0.3, -0.25) is 4.90 Å². The summed E-state index contributed by atoms with van der Waals surface area (Å²) in [6.07, 6.45) is 6.50. The summed E-state index contributed by atoms with van der Waals surface area (Å²) in [4.78, 5) is 17.3. The van der Waals surface area contributed by atoms with Crippen molar-refractivity contribution in [3.63, 3.8) is 0 Å². The van der Waals surface area contributed by atoms with Crippen LogP contribution in [0.2, 0.25) is 0 Å². The third kappa shape index (κ3) is 4.97. The average molecular weight is 407 g/mol. The Morgan fingerprint density at radius 3 is 2.60 bits per heavy atom. The van der Waals surface area contributed by atoms with E-state index in [0.717, 1.165) is 50.9 Å². The predicted molar refractivity (Wildman–Crippen MR) is 123 cm³/mol. The first-order valence-corrected chi connectivity index (χ1v) is 11.5. The van der Waals surface area contributed by atoms with E-state index in [1.54, 1.807) is 0 Å². The monoisotopic (exact) mass is 406 g/mol. The number of fused-ring (bicyclic) bond motifs is 1. The van der Waals surface area contributed by atoms with Crippen molar-refractivity contribution < 1.29 is 9.53 Å². The summed E-state index contributed by atoms with van der Waals surface area (Å²) < 4.78 is 5.90. The molecule has 0 unspecified atom stereocenters. The molecule has 1 amide bonds. The molecule has 0 saturated heterocycles. The van der Waals surface area contributed by atoms with Crippen molar-refractivity contribution in [2.45, 2.75) is 65.0 Å². The summed E-state index contributed by atoms with van der Waals surface area (Å²) >= 11 is 0. The Morgan fingerprint density at radius 1 is 1.10 bits per heavy atom. The van der Waals surface area contributed by atoms with Crippen LogP contribution in [-0.4, -0.2) is 25.3 Å². The second kappa shape index (κ2) is 9.55. The minimum atomic E-state index is -0.185. The second-order valence-electron chi connectivity index (χ2n) is 9.12. The van der Waals surface area contributed by atoms with Gasteiger partial charge in [0.2, 0.25) is 0 Å². The van der Waals surface area contributed by atoms with E-state index in [0.29, 0.717) is 12.5 Å². The van der Waals surface area contributed by atoms with Crippen molar-refractivity contribution in [3.8, 4) is 0 Å². The molecule has 0 N–H and O–H groups in total. The van der Waals surface area contributed by atoms with E-state index in [2.05, 4.69) is 67.3 Å². The van der Waals surface area contributed by atoms with Crippen LogP contribution >= 0.6 is 0 Å². The largest absolute Gasteiger partial charge is 0.446 e. The third-order valence-corrected chi connectivity index (χ3v) is 6.17. The number of amides is 1. The third-order valence-electron chi connectivity index (χ3n) is 6.17. The highest BCUT2D eigenvalue weighted by Crippen LogP contribution is 2.33. The Labute approximate surface area is 180 Å². The highest BCUT2D eigenvalue weighted by Gasteiger charge is 2.26. The summed E-state index contributed by atoms with van der Waals surface area (Å²) in [5.41, 5.74) is 4.90. The van der Waals surface area contributed by atoms with Crippen molar-refractivity contribution in [3.05, 3.63) is 59.7 Å². The van der Waals surface area contributed by atoms with Crippen LogP contribution in [0.1, 0.15) is 57.1 Å². The van der Waals surface area contributed by atoms with Gasteiger partial charge in [-0.25, -0.2) is 4.79 Å². The van der Waals surface area contributed by atoms with E-state index in [1.165, 1.54) is 23.2 Å². The maximum atomic E-state index is 13.0. The van der Waals surface area contributed by atoms with E-state index >= 15 is 0 Å². The number of nitrogens with zero attached hydrogens (tertiary/aromatic N) is 2. The van der Waals surface area contributed by atoms with Gasteiger partial charge in [-0.2, -0.15) is 0 Å². The first kappa shape index (κ1) is 20.8. The average Bonchev–Trinajstić information content (AvgIpc) is 3.15. The molecular weight excluding hydrogens is 372 g/mol. The second-order valence-corrected chi connectivity index (χ2v) is 9.12. The number of benzene rings is 2. The Morgan fingerprint density at radius 2 is 1.87 bits per heavy atom. The van der Waals surface area contributed by atoms with Crippen LogP contribution in [0.4, 0.5) is 16.2 Å². The first-order valence-electron chi connectivity index (χ1n) is 11.5. The van der Waals surface area contributed by atoms with Gasteiger partial charge in [0.1, 0.15) is 6.10 Å². The van der Waals surface area contributed by atoms with Crippen molar-refractivity contribution in [1.29, 1.82) is 0 Å². The number of rotatable bonds is 6. The molecule has 30 heavy (non-hydrogen) atoms. The number of ether oxygens (including phenoxy) is 1. The Hall–Kier alpha value is -2.49. The van der Waals surface area contributed by atoms with Gasteiger partial charge in [0.05, 0.1) is 0 Å². The van der Waals surface area contributed by atoms with Crippen LogP contribution in [-0.2, 0) is 17.7 Å². The van der Waals surface area contributed by atoms with E-state index in [-0.39, 0.29) is 12.2 Å². The van der Waals surface area contributed by atoms with E-state index < -0.39 is 0 Å². The van der Waals surface area contributed by atoms with Gasteiger partial charge in [0, 0.05) is 31.0 Å². The molecule has 0 spiro atoms. The Kier molecular flexibility index (Phi) is 6.61. The molecule has 1 saturated carbocycles. The molecule has 4 rings (SSSR count). The van der Waals surface area contributed by atoms with Crippen LogP contribution in [0.5, 0.6) is 0 Å². The fourth-order valence-corrected chi connectivity index (χ4v) is 4.63. The molecule has 4 heteroatoms. The summed E-state index contributed by atoms with van der Waals surface area (Å²) in [7, 11) is 0. The molecule has 1 fully saturated rings. The molecule has 1 aliphatic carbocycles. The van der Waals surface area contributed by atoms with Crippen LogP contribution < -0.4 is 9.80 Å². The zero-order valence-corrected chi connectivity index (χ0v) is 18.3. The van der Waals surface area contributed by atoms with E-state index in [9.17, 15) is 4.79 Å². The highest BCUT2D eigenvalue weighted by atomic mass is 16.6. The van der Waals surface area contributed by atoms with Crippen LogP contribution in [0.25, 0.3) is 0 Å². The van der Waals surface area contributed by atoms with Crippen molar-refractivity contribution in [2.24, 2.45) is 5.92 Å². The van der Waals surface area contributed by atoms with Gasteiger partial charge >= 0.3 is 6.09 Å². The number of hydrogen-bond acceptors (Lipinski definition) is 3. The summed E-state index contributed by atoms with van der Waals surface area (Å²) in [6.45, 7) is 6.92. The molecule has 2 aromatic rings. The number of hydrogen-bond donors (Lipinski definition) is 0. The summed E-state index contributed by atoms with van der Waals surface area (Å²) in [6, 6.07) is 17.1.